The summed E-state index contributed by atoms with van der Waals surface area (Å²) in [4.78, 5) is 23.1. The lowest BCUT2D eigenvalue weighted by molar-refractivity contribution is 0.0724. The molecule has 2 heterocycles. The van der Waals surface area contributed by atoms with Crippen LogP contribution in [-0.4, -0.2) is 41.9 Å². The molecule has 1 aromatic carbocycles. The van der Waals surface area contributed by atoms with Gasteiger partial charge < -0.3 is 20.0 Å². The minimum Gasteiger partial charge on any atom is -0.444 e. The van der Waals surface area contributed by atoms with Crippen LogP contribution in [0.15, 0.2) is 33.7 Å². The topological polar surface area (TPSA) is 82.8 Å². The predicted octanol–water partition coefficient (Wildman–Crippen LogP) is 2.78. The van der Waals surface area contributed by atoms with Crippen molar-refractivity contribution in [2.24, 2.45) is 4.99 Å². The van der Waals surface area contributed by atoms with E-state index in [1.807, 2.05) is 43.0 Å². The van der Waals surface area contributed by atoms with E-state index in [4.69, 9.17) is 4.42 Å². The van der Waals surface area contributed by atoms with E-state index < -0.39 is 0 Å². The Morgan fingerprint density at radius 2 is 1.79 bits per heavy atom. The van der Waals surface area contributed by atoms with E-state index in [0.717, 1.165) is 48.5 Å². The second-order valence-corrected chi connectivity index (χ2v) is 7.08. The van der Waals surface area contributed by atoms with Gasteiger partial charge in [0, 0.05) is 32.2 Å². The SMILES string of the molecule is CN=C(NCc1ccc(C(=O)N2CCCCC2)cc1)NCc1nc(C)c(C)o1. The first-order valence-corrected chi connectivity index (χ1v) is 9.82. The van der Waals surface area contributed by atoms with Gasteiger partial charge in [-0.05, 0) is 50.8 Å². The van der Waals surface area contributed by atoms with Crippen molar-refractivity contribution in [1.82, 2.24) is 20.5 Å². The molecule has 150 valence electrons. The predicted molar refractivity (Wildman–Crippen MR) is 109 cm³/mol. The number of hydrogen-bond acceptors (Lipinski definition) is 4. The van der Waals surface area contributed by atoms with E-state index in [1.165, 1.54) is 6.42 Å². The first kappa shape index (κ1) is 19.9. The molecule has 2 aromatic rings. The minimum atomic E-state index is 0.133. The number of hydrogen-bond donors (Lipinski definition) is 2. The summed E-state index contributed by atoms with van der Waals surface area (Å²) in [6, 6.07) is 7.78. The van der Waals surface area contributed by atoms with Gasteiger partial charge in [0.1, 0.15) is 5.76 Å². The summed E-state index contributed by atoms with van der Waals surface area (Å²) in [7, 11) is 1.72. The van der Waals surface area contributed by atoms with Crippen LogP contribution in [0.4, 0.5) is 0 Å². The summed E-state index contributed by atoms with van der Waals surface area (Å²) in [5.41, 5.74) is 2.74. The monoisotopic (exact) mass is 383 g/mol. The fourth-order valence-electron chi connectivity index (χ4n) is 3.23. The molecule has 1 amide bonds. The smallest absolute Gasteiger partial charge is 0.253 e. The minimum absolute atomic E-state index is 0.133. The van der Waals surface area contributed by atoms with Crippen molar-refractivity contribution in [2.45, 2.75) is 46.2 Å². The average Bonchev–Trinajstić information content (AvgIpc) is 3.06. The molecule has 1 saturated heterocycles. The Morgan fingerprint density at radius 3 is 2.39 bits per heavy atom. The maximum Gasteiger partial charge on any atom is 0.253 e. The standard InChI is InChI=1S/C21H29N5O2/c1-15-16(2)28-19(25-15)14-24-21(22-3)23-13-17-7-9-18(10-8-17)20(27)26-11-5-4-6-12-26/h7-10H,4-6,11-14H2,1-3H3,(H2,22,23,24). The van der Waals surface area contributed by atoms with Crippen molar-refractivity contribution in [3.8, 4) is 0 Å². The lowest BCUT2D eigenvalue weighted by Crippen LogP contribution is -2.36. The molecule has 0 bridgehead atoms. The molecule has 1 aliphatic heterocycles. The summed E-state index contributed by atoms with van der Waals surface area (Å²) in [6.45, 7) is 6.65. The maximum absolute atomic E-state index is 12.5. The van der Waals surface area contributed by atoms with Gasteiger partial charge in [0.2, 0.25) is 5.89 Å². The Kier molecular flexibility index (Phi) is 6.68. The summed E-state index contributed by atoms with van der Waals surface area (Å²) in [5.74, 6) is 2.27. The molecule has 0 saturated carbocycles. The number of aromatic nitrogens is 1. The highest BCUT2D eigenvalue weighted by Gasteiger charge is 2.17. The lowest BCUT2D eigenvalue weighted by atomic mass is 10.1. The van der Waals surface area contributed by atoms with Crippen LogP contribution in [0.3, 0.4) is 0 Å². The third-order valence-corrected chi connectivity index (χ3v) is 5.01. The Hall–Kier alpha value is -2.83. The third-order valence-electron chi connectivity index (χ3n) is 5.01. The molecule has 1 fully saturated rings. The van der Waals surface area contributed by atoms with Crippen LogP contribution < -0.4 is 10.6 Å². The highest BCUT2D eigenvalue weighted by molar-refractivity contribution is 5.94. The quantitative estimate of drug-likeness (QED) is 0.613. The van der Waals surface area contributed by atoms with E-state index in [-0.39, 0.29) is 5.91 Å². The summed E-state index contributed by atoms with van der Waals surface area (Å²) in [5, 5.41) is 6.45. The van der Waals surface area contributed by atoms with Crippen molar-refractivity contribution >= 4 is 11.9 Å². The van der Waals surface area contributed by atoms with Gasteiger partial charge in [-0.1, -0.05) is 12.1 Å². The van der Waals surface area contributed by atoms with Gasteiger partial charge in [-0.2, -0.15) is 0 Å². The van der Waals surface area contributed by atoms with Gasteiger partial charge in [-0.3, -0.25) is 9.79 Å². The fraction of sp³-hybridized carbons (Fsp3) is 0.476. The molecule has 7 heteroatoms. The molecule has 3 rings (SSSR count). The number of likely N-dealkylation sites (tertiary alicyclic amines) is 1. The molecule has 0 spiro atoms. The molecule has 0 aliphatic carbocycles. The number of oxazole rings is 1. The Balaban J connectivity index is 1.49. The Labute approximate surface area is 166 Å². The molecule has 0 atom stereocenters. The number of rotatable bonds is 5. The Morgan fingerprint density at radius 1 is 1.11 bits per heavy atom. The van der Waals surface area contributed by atoms with Crippen LogP contribution in [0, 0.1) is 13.8 Å². The van der Waals surface area contributed by atoms with Crippen molar-refractivity contribution in [2.75, 3.05) is 20.1 Å². The van der Waals surface area contributed by atoms with Crippen LogP contribution in [0.2, 0.25) is 0 Å². The van der Waals surface area contributed by atoms with E-state index in [0.29, 0.717) is 24.9 Å². The van der Waals surface area contributed by atoms with Crippen LogP contribution in [0.25, 0.3) is 0 Å². The van der Waals surface area contributed by atoms with E-state index >= 15 is 0 Å². The van der Waals surface area contributed by atoms with Gasteiger partial charge in [0.15, 0.2) is 5.96 Å². The number of amides is 1. The zero-order chi connectivity index (χ0) is 19.9. The highest BCUT2D eigenvalue weighted by atomic mass is 16.4. The zero-order valence-corrected chi connectivity index (χ0v) is 16.9. The van der Waals surface area contributed by atoms with E-state index in [1.54, 1.807) is 7.05 Å². The molecular weight excluding hydrogens is 354 g/mol. The first-order chi connectivity index (χ1) is 13.6. The molecule has 28 heavy (non-hydrogen) atoms. The number of carbonyl (C=O) groups excluding carboxylic acids is 1. The van der Waals surface area contributed by atoms with Gasteiger partial charge >= 0.3 is 0 Å². The average molecular weight is 383 g/mol. The third kappa shape index (κ3) is 5.12. The first-order valence-electron chi connectivity index (χ1n) is 9.82. The van der Waals surface area contributed by atoms with Crippen molar-refractivity contribution in [3.05, 3.63) is 52.7 Å². The zero-order valence-electron chi connectivity index (χ0n) is 16.9. The van der Waals surface area contributed by atoms with E-state index in [9.17, 15) is 4.79 Å². The van der Waals surface area contributed by atoms with Crippen LogP contribution >= 0.6 is 0 Å². The molecule has 0 radical (unpaired) electrons. The molecule has 0 unspecified atom stereocenters. The maximum atomic E-state index is 12.5. The molecular formula is C21H29N5O2. The molecule has 1 aliphatic rings. The number of nitrogens with zero attached hydrogens (tertiary/aromatic N) is 3. The number of guanidine groups is 1. The van der Waals surface area contributed by atoms with Crippen LogP contribution in [0.1, 0.15) is 52.5 Å². The van der Waals surface area contributed by atoms with Crippen LogP contribution in [0.5, 0.6) is 0 Å². The molecule has 7 nitrogen and oxygen atoms in total. The molecule has 2 N–H and O–H groups in total. The summed E-state index contributed by atoms with van der Waals surface area (Å²) in [6.07, 6.45) is 3.43. The van der Waals surface area contributed by atoms with Crippen molar-refractivity contribution in [1.29, 1.82) is 0 Å². The van der Waals surface area contributed by atoms with Gasteiger partial charge in [-0.25, -0.2) is 4.98 Å². The number of aliphatic imine (C=N–C) groups is 1. The highest BCUT2D eigenvalue weighted by Crippen LogP contribution is 2.14. The number of benzene rings is 1. The second-order valence-electron chi connectivity index (χ2n) is 7.08. The van der Waals surface area contributed by atoms with Gasteiger partial charge in [0.05, 0.1) is 12.2 Å². The molecule has 1 aromatic heterocycles. The number of aryl methyl sites for hydroxylation is 2. The van der Waals surface area contributed by atoms with Crippen LogP contribution in [-0.2, 0) is 13.1 Å². The number of carbonyl (C=O) groups is 1. The van der Waals surface area contributed by atoms with Gasteiger partial charge in [-0.15, -0.1) is 0 Å². The summed E-state index contributed by atoms with van der Waals surface area (Å²) < 4.78 is 5.57. The van der Waals surface area contributed by atoms with E-state index in [2.05, 4.69) is 20.6 Å². The number of nitrogens with one attached hydrogen (secondary N) is 2. The largest absolute Gasteiger partial charge is 0.444 e. The number of piperidine rings is 1. The lowest BCUT2D eigenvalue weighted by Gasteiger charge is -2.26. The fourth-order valence-corrected chi connectivity index (χ4v) is 3.23. The Bertz CT molecular complexity index is 800. The second kappa shape index (κ2) is 9.39. The van der Waals surface area contributed by atoms with Gasteiger partial charge in [0.25, 0.3) is 5.91 Å². The summed E-state index contributed by atoms with van der Waals surface area (Å²) >= 11 is 0. The van der Waals surface area contributed by atoms with Crippen molar-refractivity contribution in [3.63, 3.8) is 0 Å². The van der Waals surface area contributed by atoms with Crippen molar-refractivity contribution < 1.29 is 9.21 Å². The normalized spacial score (nSPS) is 14.8.